The van der Waals surface area contributed by atoms with Crippen LogP contribution in [-0.2, 0) is 48.2 Å². The summed E-state index contributed by atoms with van der Waals surface area (Å²) in [5, 5.41) is 8.53. The van der Waals surface area contributed by atoms with E-state index < -0.39 is 29.9 Å². The number of hydrogen-bond acceptors (Lipinski definition) is 8. The van der Waals surface area contributed by atoms with Crippen LogP contribution in [0.25, 0.3) is 22.3 Å². The van der Waals surface area contributed by atoms with E-state index in [1.807, 2.05) is 13.0 Å². The van der Waals surface area contributed by atoms with Crippen molar-refractivity contribution in [2.45, 2.75) is 71.2 Å². The molecule has 5 rings (SSSR count). The number of pyridine rings is 2. The van der Waals surface area contributed by atoms with Crippen molar-refractivity contribution in [1.82, 2.24) is 25.5 Å². The van der Waals surface area contributed by atoms with E-state index in [1.54, 1.807) is 18.4 Å². The largest absolute Gasteiger partial charge is 0.380 e. The van der Waals surface area contributed by atoms with Gasteiger partial charge in [0.2, 0.25) is 18.2 Å². The van der Waals surface area contributed by atoms with Gasteiger partial charge in [0.15, 0.2) is 0 Å². The number of methoxy groups -OCH3 is 1. The molecule has 3 heterocycles. The maximum Gasteiger partial charge on any atom is 0.257 e. The van der Waals surface area contributed by atoms with Crippen molar-refractivity contribution in [3.8, 4) is 11.4 Å². The van der Waals surface area contributed by atoms with Crippen LogP contribution in [0.3, 0.4) is 0 Å². The second-order valence-electron chi connectivity index (χ2n) is 11.3. The molecule has 0 saturated carbocycles. The summed E-state index contributed by atoms with van der Waals surface area (Å²) in [5.74, 6) is -1.79. The lowest BCUT2D eigenvalue weighted by molar-refractivity contribution is -0.135. The number of aldehydes is 1. The summed E-state index contributed by atoms with van der Waals surface area (Å²) < 4.78 is 27.6. The molecule has 3 aromatic rings. The van der Waals surface area contributed by atoms with E-state index in [4.69, 9.17) is 14.5 Å². The molecule has 238 valence electrons. The zero-order valence-electron chi connectivity index (χ0n) is 25.6. The molecule has 3 unspecified atom stereocenters. The van der Waals surface area contributed by atoms with Crippen LogP contribution >= 0.6 is 0 Å². The van der Waals surface area contributed by atoms with Crippen molar-refractivity contribution in [2.75, 3.05) is 20.4 Å². The van der Waals surface area contributed by atoms with E-state index in [1.165, 1.54) is 13.2 Å². The molecular weight excluding hydrogens is 585 g/mol. The highest BCUT2D eigenvalue weighted by molar-refractivity contribution is 5.94. The van der Waals surface area contributed by atoms with Crippen molar-refractivity contribution in [1.29, 1.82) is 0 Å². The third kappa shape index (κ3) is 5.85. The first-order valence-corrected chi connectivity index (χ1v) is 14.9. The van der Waals surface area contributed by atoms with Gasteiger partial charge in [0.05, 0.1) is 42.6 Å². The smallest absolute Gasteiger partial charge is 0.257 e. The number of aryl methyl sites for hydroxylation is 1. The number of nitrogens with one attached hydrogen (secondary N) is 3. The molecule has 0 bridgehead atoms. The monoisotopic (exact) mass is 621 g/mol. The Balaban J connectivity index is 1.56. The Morgan fingerprint density at radius 1 is 1.24 bits per heavy atom. The van der Waals surface area contributed by atoms with Gasteiger partial charge < -0.3 is 34.8 Å². The van der Waals surface area contributed by atoms with Gasteiger partial charge in [0.25, 0.3) is 5.56 Å². The quantitative estimate of drug-likeness (QED) is 0.151. The first kappa shape index (κ1) is 31.9. The zero-order chi connectivity index (χ0) is 32.4. The van der Waals surface area contributed by atoms with Crippen LogP contribution in [0.2, 0.25) is 0 Å². The molecule has 13 heteroatoms. The van der Waals surface area contributed by atoms with Crippen LogP contribution in [0.15, 0.2) is 16.9 Å². The second kappa shape index (κ2) is 13.2. The summed E-state index contributed by atoms with van der Waals surface area (Å²) in [5.41, 5.74) is 4.99. The van der Waals surface area contributed by atoms with Crippen LogP contribution in [-0.4, -0.2) is 60.6 Å². The van der Waals surface area contributed by atoms with Crippen molar-refractivity contribution in [2.24, 2.45) is 0 Å². The summed E-state index contributed by atoms with van der Waals surface area (Å²) in [7, 11) is 1.49. The fourth-order valence-electron chi connectivity index (χ4n) is 6.33. The van der Waals surface area contributed by atoms with Crippen LogP contribution in [0, 0.1) is 12.7 Å². The number of fused-ring (bicyclic) bond motifs is 4. The summed E-state index contributed by atoms with van der Waals surface area (Å²) >= 11 is 0. The molecule has 0 spiro atoms. The minimum absolute atomic E-state index is 0.0383. The maximum absolute atomic E-state index is 15.1. The fourth-order valence-corrected chi connectivity index (χ4v) is 6.33. The van der Waals surface area contributed by atoms with Crippen LogP contribution in [0.1, 0.15) is 72.0 Å². The van der Waals surface area contributed by atoms with E-state index in [2.05, 4.69) is 16.0 Å². The Hall–Kier alpha value is -4.49. The van der Waals surface area contributed by atoms with E-state index in [-0.39, 0.29) is 37.8 Å². The van der Waals surface area contributed by atoms with Gasteiger partial charge in [-0.1, -0.05) is 6.92 Å². The predicted molar refractivity (Wildman–Crippen MR) is 162 cm³/mol. The molecular formula is C32H36FN5O7. The zero-order valence-corrected chi connectivity index (χ0v) is 25.6. The van der Waals surface area contributed by atoms with E-state index in [0.29, 0.717) is 59.3 Å². The third-order valence-electron chi connectivity index (χ3n) is 8.70. The van der Waals surface area contributed by atoms with Crippen LogP contribution < -0.4 is 21.5 Å². The average molecular weight is 622 g/mol. The van der Waals surface area contributed by atoms with Gasteiger partial charge in [0, 0.05) is 35.6 Å². The molecule has 45 heavy (non-hydrogen) atoms. The van der Waals surface area contributed by atoms with Crippen molar-refractivity contribution in [3.05, 3.63) is 61.7 Å². The number of hydrogen-bond donors (Lipinski definition) is 3. The summed E-state index contributed by atoms with van der Waals surface area (Å²) in [6, 6.07) is 2.71. The van der Waals surface area contributed by atoms with E-state index in [0.717, 1.165) is 28.4 Å². The molecule has 1 aromatic carbocycles. The number of carbonyl (C=O) groups is 4. The minimum atomic E-state index is -0.931. The lowest BCUT2D eigenvalue weighted by Crippen LogP contribution is -2.41. The molecule has 1 aliphatic carbocycles. The molecule has 3 N–H and O–H groups in total. The second-order valence-corrected chi connectivity index (χ2v) is 11.3. The number of benzene rings is 1. The summed E-state index contributed by atoms with van der Waals surface area (Å²) in [6.45, 7) is 4.92. The maximum atomic E-state index is 15.1. The fraction of sp³-hybridized carbons (Fsp3) is 0.438. The van der Waals surface area contributed by atoms with Crippen LogP contribution in [0.5, 0.6) is 0 Å². The SMILES string of the molecule is CCC(C=O)c1cc2n(c(=O)c1COC)Cc1c-2nc2cc(F)c(C)c3c2c1C(NC(=O)C(C)OCNC(=O)CNC=O)CC3. The molecule has 3 atom stereocenters. The Morgan fingerprint density at radius 2 is 2.02 bits per heavy atom. The lowest BCUT2D eigenvalue weighted by atomic mass is 9.81. The molecule has 0 saturated heterocycles. The number of amides is 3. The highest BCUT2D eigenvalue weighted by Crippen LogP contribution is 2.45. The Morgan fingerprint density at radius 3 is 2.71 bits per heavy atom. The first-order valence-electron chi connectivity index (χ1n) is 14.9. The normalized spacial score (nSPS) is 16.0. The van der Waals surface area contributed by atoms with Crippen molar-refractivity contribution < 1.29 is 33.0 Å². The van der Waals surface area contributed by atoms with Gasteiger partial charge in [-0.25, -0.2) is 9.37 Å². The number of aromatic nitrogens is 2. The standard InChI is InChI=1S/C32H36FN5O7/c1-5-18(12-39)20-8-26-30-21(11-38(26)32(43)22(20)13-44-4)29-24(7-6-19-16(2)23(33)9-25(36-30)28(19)29)37-31(42)17(3)45-15-35-27(41)10-34-14-40/h8-9,12,14,17-18,24H,5-7,10-11,13,15H2,1-4H3,(H,34,40)(H,35,41)(H,37,42). The topological polar surface area (TPSA) is 158 Å². The lowest BCUT2D eigenvalue weighted by Gasteiger charge is -2.30. The van der Waals surface area contributed by atoms with Gasteiger partial charge in [-0.3, -0.25) is 19.2 Å². The molecule has 1 aliphatic heterocycles. The Labute approximate surface area is 258 Å². The van der Waals surface area contributed by atoms with E-state index in [9.17, 15) is 24.0 Å². The summed E-state index contributed by atoms with van der Waals surface area (Å²) in [4.78, 5) is 66.1. The number of nitrogens with zero attached hydrogens (tertiary/aromatic N) is 2. The number of carbonyl (C=O) groups excluding carboxylic acids is 4. The van der Waals surface area contributed by atoms with Gasteiger partial charge in [0.1, 0.15) is 24.9 Å². The number of ether oxygens (including phenoxy) is 2. The molecule has 3 amide bonds. The molecule has 2 aromatic heterocycles. The molecule has 2 aliphatic rings. The van der Waals surface area contributed by atoms with Crippen molar-refractivity contribution >= 4 is 35.4 Å². The highest BCUT2D eigenvalue weighted by atomic mass is 19.1. The Bertz CT molecular complexity index is 1750. The van der Waals surface area contributed by atoms with Crippen molar-refractivity contribution in [3.63, 3.8) is 0 Å². The molecule has 12 nitrogen and oxygen atoms in total. The average Bonchev–Trinajstić information content (AvgIpc) is 3.39. The molecule has 0 fully saturated rings. The first-order chi connectivity index (χ1) is 21.6. The highest BCUT2D eigenvalue weighted by Gasteiger charge is 2.36. The van der Waals surface area contributed by atoms with Gasteiger partial charge in [-0.2, -0.15) is 0 Å². The third-order valence-corrected chi connectivity index (χ3v) is 8.70. The van der Waals surface area contributed by atoms with Gasteiger partial charge >= 0.3 is 0 Å². The summed E-state index contributed by atoms with van der Waals surface area (Å²) in [6.07, 6.45) is 1.77. The minimum Gasteiger partial charge on any atom is -0.380 e. The van der Waals surface area contributed by atoms with Crippen LogP contribution in [0.4, 0.5) is 4.39 Å². The number of halogens is 1. The van der Waals surface area contributed by atoms with Gasteiger partial charge in [-0.05, 0) is 61.4 Å². The number of rotatable bonds is 13. The molecule has 0 radical (unpaired) electrons. The Kier molecular flexibility index (Phi) is 9.40. The van der Waals surface area contributed by atoms with Gasteiger partial charge in [-0.15, -0.1) is 0 Å². The van der Waals surface area contributed by atoms with E-state index >= 15 is 4.39 Å². The predicted octanol–water partition coefficient (Wildman–Crippen LogP) is 2.04.